The highest BCUT2D eigenvalue weighted by Crippen LogP contribution is 2.42. The number of carbonyl (C=O) groups excluding carboxylic acids is 2. The summed E-state index contributed by atoms with van der Waals surface area (Å²) in [5.74, 6) is -0.841. The highest BCUT2D eigenvalue weighted by Gasteiger charge is 2.50. The van der Waals surface area contributed by atoms with E-state index in [1.54, 1.807) is 30.3 Å². The lowest BCUT2D eigenvalue weighted by atomic mass is 9.89. The lowest BCUT2D eigenvalue weighted by molar-refractivity contribution is -0.140. The fraction of sp³-hybridized carbons (Fsp3) is 0.227. The molecule has 1 N–H and O–H groups in total. The standard InChI is InChI=1S/C22H20N2O3/c23-14-6-7-15-24-20-11-5-4-10-19(20)22(27,21(24)26)16-18(25)13-12-17-8-2-1-3-9-17/h1-5,8-13,27H,6-7,15-16H2/b13-12-/t22-/m1/s1. The SMILES string of the molecule is N#CCCCN1C(=O)[C@@](O)(CC(=O)/C=C\c2ccccc2)c2ccccc21. The zero-order valence-corrected chi connectivity index (χ0v) is 14.8. The quantitative estimate of drug-likeness (QED) is 0.607. The lowest BCUT2D eigenvalue weighted by Crippen LogP contribution is -2.42. The van der Waals surface area contributed by atoms with Crippen LogP contribution in [-0.2, 0) is 15.2 Å². The summed E-state index contributed by atoms with van der Waals surface area (Å²) >= 11 is 0. The van der Waals surface area contributed by atoms with Gasteiger partial charge in [-0.3, -0.25) is 9.59 Å². The van der Waals surface area contributed by atoms with Gasteiger partial charge >= 0.3 is 0 Å². The first-order chi connectivity index (χ1) is 13.1. The lowest BCUT2D eigenvalue weighted by Gasteiger charge is -2.22. The molecule has 2 aromatic carbocycles. The van der Waals surface area contributed by atoms with Crippen LogP contribution in [0.15, 0.2) is 60.7 Å². The number of anilines is 1. The molecule has 0 aromatic heterocycles. The third-order valence-electron chi connectivity index (χ3n) is 4.60. The van der Waals surface area contributed by atoms with E-state index in [0.717, 1.165) is 5.56 Å². The van der Waals surface area contributed by atoms with Gasteiger partial charge in [0.2, 0.25) is 0 Å². The van der Waals surface area contributed by atoms with Crippen LogP contribution >= 0.6 is 0 Å². The number of ketones is 1. The van der Waals surface area contributed by atoms with Crippen molar-refractivity contribution >= 4 is 23.5 Å². The van der Waals surface area contributed by atoms with Crippen molar-refractivity contribution in [1.29, 1.82) is 5.26 Å². The van der Waals surface area contributed by atoms with Crippen molar-refractivity contribution < 1.29 is 14.7 Å². The fourth-order valence-electron chi connectivity index (χ4n) is 3.28. The smallest absolute Gasteiger partial charge is 0.264 e. The summed E-state index contributed by atoms with van der Waals surface area (Å²) in [7, 11) is 0. The third-order valence-corrected chi connectivity index (χ3v) is 4.60. The topological polar surface area (TPSA) is 81.4 Å². The van der Waals surface area contributed by atoms with Gasteiger partial charge in [0.15, 0.2) is 11.4 Å². The minimum Gasteiger partial charge on any atom is -0.375 e. The maximum atomic E-state index is 12.9. The number of aliphatic hydroxyl groups is 1. The Balaban J connectivity index is 1.81. The number of allylic oxidation sites excluding steroid dienone is 1. The summed E-state index contributed by atoms with van der Waals surface area (Å²) in [6, 6.07) is 18.4. The molecular formula is C22H20N2O3. The molecule has 5 nitrogen and oxygen atoms in total. The van der Waals surface area contributed by atoms with Gasteiger partial charge in [0.25, 0.3) is 5.91 Å². The van der Waals surface area contributed by atoms with Crippen LogP contribution in [0, 0.1) is 11.3 Å². The number of amides is 1. The number of carbonyl (C=O) groups is 2. The van der Waals surface area contributed by atoms with Crippen LogP contribution in [-0.4, -0.2) is 23.3 Å². The van der Waals surface area contributed by atoms with E-state index in [0.29, 0.717) is 30.6 Å². The van der Waals surface area contributed by atoms with E-state index >= 15 is 0 Å². The van der Waals surface area contributed by atoms with E-state index in [2.05, 4.69) is 6.07 Å². The van der Waals surface area contributed by atoms with E-state index in [1.807, 2.05) is 30.3 Å². The van der Waals surface area contributed by atoms with Crippen LogP contribution < -0.4 is 4.90 Å². The van der Waals surface area contributed by atoms with Gasteiger partial charge in [-0.1, -0.05) is 54.6 Å². The molecule has 0 bridgehead atoms. The third kappa shape index (κ3) is 3.81. The Bertz CT molecular complexity index is 915. The van der Waals surface area contributed by atoms with Gasteiger partial charge < -0.3 is 10.0 Å². The van der Waals surface area contributed by atoms with Gasteiger partial charge in [-0.25, -0.2) is 0 Å². The Morgan fingerprint density at radius 2 is 1.85 bits per heavy atom. The van der Waals surface area contributed by atoms with Gasteiger partial charge in [0, 0.05) is 18.5 Å². The Morgan fingerprint density at radius 3 is 2.59 bits per heavy atom. The highest BCUT2D eigenvalue weighted by molar-refractivity contribution is 6.10. The van der Waals surface area contributed by atoms with Crippen LogP contribution in [0.25, 0.3) is 6.08 Å². The molecule has 0 saturated heterocycles. The van der Waals surface area contributed by atoms with E-state index in [4.69, 9.17) is 5.26 Å². The molecule has 1 heterocycles. The molecule has 0 saturated carbocycles. The van der Waals surface area contributed by atoms with E-state index in [-0.39, 0.29) is 12.2 Å². The molecule has 1 amide bonds. The monoisotopic (exact) mass is 360 g/mol. The number of benzene rings is 2. The number of nitriles is 1. The number of nitrogens with zero attached hydrogens (tertiary/aromatic N) is 2. The Kier molecular flexibility index (Phi) is 5.49. The fourth-order valence-corrected chi connectivity index (χ4v) is 3.28. The normalized spacial score (nSPS) is 18.5. The molecule has 0 fully saturated rings. The second-order valence-electron chi connectivity index (χ2n) is 6.48. The minimum absolute atomic E-state index is 0.319. The molecule has 136 valence electrons. The highest BCUT2D eigenvalue weighted by atomic mass is 16.3. The zero-order valence-electron chi connectivity index (χ0n) is 14.8. The van der Waals surface area contributed by atoms with Gasteiger partial charge in [0.05, 0.1) is 18.2 Å². The number of fused-ring (bicyclic) bond motifs is 1. The van der Waals surface area contributed by atoms with Crippen LogP contribution in [0.2, 0.25) is 0 Å². The largest absolute Gasteiger partial charge is 0.375 e. The maximum Gasteiger partial charge on any atom is 0.264 e. The Hall–Kier alpha value is -3.23. The average molecular weight is 360 g/mol. The summed E-state index contributed by atoms with van der Waals surface area (Å²) in [5.41, 5.74) is 0.0340. The summed E-state index contributed by atoms with van der Waals surface area (Å²) < 4.78 is 0. The van der Waals surface area contributed by atoms with Gasteiger partial charge in [0.1, 0.15) is 0 Å². The summed E-state index contributed by atoms with van der Waals surface area (Å²) in [6.07, 6.45) is 3.57. The molecule has 0 spiro atoms. The second-order valence-corrected chi connectivity index (χ2v) is 6.48. The minimum atomic E-state index is -1.87. The van der Waals surface area contributed by atoms with Crippen molar-refractivity contribution in [3.63, 3.8) is 0 Å². The predicted molar refractivity (Wildman–Crippen MR) is 103 cm³/mol. The summed E-state index contributed by atoms with van der Waals surface area (Å²) in [4.78, 5) is 26.8. The number of unbranched alkanes of at least 4 members (excludes halogenated alkanes) is 1. The molecule has 0 aliphatic carbocycles. The second kappa shape index (κ2) is 7.98. The first-order valence-electron chi connectivity index (χ1n) is 8.83. The molecule has 1 atom stereocenters. The Morgan fingerprint density at radius 1 is 1.15 bits per heavy atom. The van der Waals surface area contributed by atoms with E-state index < -0.39 is 11.5 Å². The van der Waals surface area contributed by atoms with E-state index in [1.165, 1.54) is 11.0 Å². The first kappa shape index (κ1) is 18.6. The number of hydrogen-bond acceptors (Lipinski definition) is 4. The van der Waals surface area contributed by atoms with E-state index in [9.17, 15) is 14.7 Å². The van der Waals surface area contributed by atoms with Crippen molar-refractivity contribution in [2.45, 2.75) is 24.9 Å². The van der Waals surface area contributed by atoms with Crippen molar-refractivity contribution in [3.8, 4) is 6.07 Å². The number of rotatable bonds is 7. The van der Waals surface area contributed by atoms with Gasteiger partial charge in [-0.2, -0.15) is 5.26 Å². The molecule has 1 aliphatic rings. The van der Waals surface area contributed by atoms with Crippen LogP contribution in [0.3, 0.4) is 0 Å². The number of para-hydroxylation sites is 1. The van der Waals surface area contributed by atoms with Crippen LogP contribution in [0.4, 0.5) is 5.69 Å². The van der Waals surface area contributed by atoms with Crippen LogP contribution in [0.5, 0.6) is 0 Å². The van der Waals surface area contributed by atoms with Gasteiger partial charge in [-0.15, -0.1) is 0 Å². The van der Waals surface area contributed by atoms with Gasteiger partial charge in [-0.05, 0) is 24.1 Å². The molecule has 0 unspecified atom stereocenters. The molecule has 0 radical (unpaired) electrons. The first-order valence-corrected chi connectivity index (χ1v) is 8.83. The van der Waals surface area contributed by atoms with Crippen molar-refractivity contribution in [1.82, 2.24) is 0 Å². The zero-order chi connectivity index (χ0) is 19.3. The molecule has 2 aromatic rings. The molecule has 27 heavy (non-hydrogen) atoms. The summed E-state index contributed by atoms with van der Waals surface area (Å²) in [6.45, 7) is 0.333. The molecule has 3 rings (SSSR count). The average Bonchev–Trinajstić information content (AvgIpc) is 2.89. The Labute approximate surface area is 158 Å². The van der Waals surface area contributed by atoms with Crippen molar-refractivity contribution in [2.75, 3.05) is 11.4 Å². The predicted octanol–water partition coefficient (Wildman–Crippen LogP) is 3.20. The summed E-state index contributed by atoms with van der Waals surface area (Å²) in [5, 5.41) is 19.8. The van der Waals surface area contributed by atoms with Crippen molar-refractivity contribution in [2.24, 2.45) is 0 Å². The molecule has 5 heteroatoms. The van der Waals surface area contributed by atoms with Crippen LogP contribution in [0.1, 0.15) is 30.4 Å². The van der Waals surface area contributed by atoms with Crippen molar-refractivity contribution in [3.05, 3.63) is 71.8 Å². The molecular weight excluding hydrogens is 340 g/mol. The number of hydrogen-bond donors (Lipinski definition) is 1. The molecule has 1 aliphatic heterocycles. The maximum absolute atomic E-state index is 12.9.